The van der Waals surface area contributed by atoms with Gasteiger partial charge in [-0.15, -0.1) is 0 Å². The first kappa shape index (κ1) is 19.9. The predicted molar refractivity (Wildman–Crippen MR) is 78.1 cm³/mol. The maximum atomic E-state index is 13.4. The van der Waals surface area contributed by atoms with Crippen LogP contribution in [0.15, 0.2) is 0 Å². The zero-order valence-electron chi connectivity index (χ0n) is 13.7. The van der Waals surface area contributed by atoms with Gasteiger partial charge >= 0.3 is 18.1 Å². The van der Waals surface area contributed by atoms with Crippen LogP contribution in [0.4, 0.5) is 27.6 Å². The maximum Gasteiger partial charge on any atom is 0.434 e. The van der Waals surface area contributed by atoms with Crippen LogP contribution in [0.1, 0.15) is 58.3 Å². The average molecular weight is 382 g/mol. The van der Waals surface area contributed by atoms with E-state index < -0.39 is 52.7 Å². The Balaban J connectivity index is 2.87. The topological polar surface area (TPSA) is 77.5 Å². The molecular weight excluding hydrogens is 367 g/mol. The van der Waals surface area contributed by atoms with Gasteiger partial charge in [-0.2, -0.15) is 13.2 Å². The molecule has 1 aliphatic rings. The minimum atomic E-state index is -5.22. The highest BCUT2D eigenvalue weighted by atomic mass is 19.4. The third-order valence-corrected chi connectivity index (χ3v) is 3.50. The van der Waals surface area contributed by atoms with E-state index >= 15 is 0 Å². The summed E-state index contributed by atoms with van der Waals surface area (Å²) < 4.78 is 75.8. The lowest BCUT2D eigenvalue weighted by atomic mass is 10.0. The van der Waals surface area contributed by atoms with Crippen molar-refractivity contribution in [2.24, 2.45) is 0 Å². The normalized spacial score (nSPS) is 14.3. The van der Waals surface area contributed by atoms with Crippen molar-refractivity contribution in [2.75, 3.05) is 19.0 Å². The molecule has 1 heterocycles. The Bertz CT molecular complexity index is 717. The summed E-state index contributed by atoms with van der Waals surface area (Å²) in [5.41, 5.74) is -5.99. The first-order valence-corrected chi connectivity index (χ1v) is 7.56. The van der Waals surface area contributed by atoms with Crippen molar-refractivity contribution in [3.05, 3.63) is 22.5 Å². The third-order valence-electron chi connectivity index (χ3n) is 3.50. The number of halogens is 5. The summed E-state index contributed by atoms with van der Waals surface area (Å²) >= 11 is 0. The number of nitrogens with one attached hydrogen (secondary N) is 1. The van der Waals surface area contributed by atoms with Gasteiger partial charge in [-0.1, -0.05) is 0 Å². The number of pyridine rings is 1. The van der Waals surface area contributed by atoms with Gasteiger partial charge in [0.1, 0.15) is 16.8 Å². The Morgan fingerprint density at radius 1 is 1.23 bits per heavy atom. The number of hydrogen-bond donors (Lipinski definition) is 1. The molecule has 11 heteroatoms. The largest absolute Gasteiger partial charge is 0.465 e. The van der Waals surface area contributed by atoms with Crippen molar-refractivity contribution in [2.45, 2.75) is 38.4 Å². The van der Waals surface area contributed by atoms with Crippen LogP contribution in [0, 0.1) is 0 Å². The Morgan fingerprint density at radius 2 is 1.85 bits per heavy atom. The molecule has 0 aliphatic heterocycles. The minimum Gasteiger partial charge on any atom is -0.465 e. The Kier molecular flexibility index (Phi) is 5.67. The first-order valence-electron chi connectivity index (χ1n) is 7.56. The highest BCUT2D eigenvalue weighted by molar-refractivity contribution is 6.06. The van der Waals surface area contributed by atoms with Crippen LogP contribution < -0.4 is 5.32 Å². The van der Waals surface area contributed by atoms with Crippen LogP contribution in [0.25, 0.3) is 0 Å². The van der Waals surface area contributed by atoms with Crippen molar-refractivity contribution < 1.29 is 41.0 Å². The number of ether oxygens (including phenoxy) is 2. The van der Waals surface area contributed by atoms with E-state index in [-0.39, 0.29) is 12.6 Å². The van der Waals surface area contributed by atoms with E-state index in [2.05, 4.69) is 19.8 Å². The monoisotopic (exact) mass is 382 g/mol. The lowest BCUT2D eigenvalue weighted by Crippen LogP contribution is -2.25. The summed E-state index contributed by atoms with van der Waals surface area (Å²) in [6, 6.07) is -0.361. The van der Waals surface area contributed by atoms with Gasteiger partial charge in [-0.05, 0) is 19.8 Å². The number of nitrogens with zero attached hydrogens (tertiary/aromatic N) is 1. The van der Waals surface area contributed by atoms with E-state index in [9.17, 15) is 31.5 Å². The molecule has 1 fully saturated rings. The molecule has 0 amide bonds. The van der Waals surface area contributed by atoms with Gasteiger partial charge in [0.2, 0.25) is 0 Å². The molecule has 26 heavy (non-hydrogen) atoms. The number of carbonyl (C=O) groups is 2. The van der Waals surface area contributed by atoms with E-state index in [4.69, 9.17) is 0 Å². The molecule has 2 rings (SSSR count). The molecule has 1 saturated carbocycles. The molecule has 1 aliphatic carbocycles. The summed E-state index contributed by atoms with van der Waals surface area (Å²) in [5.74, 6) is -2.77. The van der Waals surface area contributed by atoms with Crippen LogP contribution in [-0.2, 0) is 15.7 Å². The quantitative estimate of drug-likeness (QED) is 0.599. The summed E-state index contributed by atoms with van der Waals surface area (Å²) in [6.07, 6.45) is -7.64. The van der Waals surface area contributed by atoms with E-state index in [0.29, 0.717) is 12.8 Å². The second-order valence-corrected chi connectivity index (χ2v) is 5.40. The van der Waals surface area contributed by atoms with Gasteiger partial charge in [-0.25, -0.2) is 23.4 Å². The number of esters is 2. The number of rotatable bonds is 6. The van der Waals surface area contributed by atoms with Crippen molar-refractivity contribution in [3.8, 4) is 0 Å². The van der Waals surface area contributed by atoms with E-state index in [0.717, 1.165) is 7.11 Å². The molecule has 144 valence electrons. The molecule has 0 spiro atoms. The second kappa shape index (κ2) is 7.42. The van der Waals surface area contributed by atoms with Crippen molar-refractivity contribution in [1.82, 2.24) is 4.98 Å². The second-order valence-electron chi connectivity index (χ2n) is 5.40. The predicted octanol–water partition coefficient (Wildman–Crippen LogP) is 3.58. The number of hydrogen-bond acceptors (Lipinski definition) is 6. The Labute approximate surface area is 144 Å². The minimum absolute atomic E-state index is 0.261. The molecule has 0 saturated heterocycles. The summed E-state index contributed by atoms with van der Waals surface area (Å²) in [5, 5.41) is 2.54. The fourth-order valence-corrected chi connectivity index (χ4v) is 2.25. The molecule has 0 unspecified atom stereocenters. The number of anilines is 1. The average Bonchev–Trinajstić information content (AvgIpc) is 3.36. The molecule has 6 nitrogen and oxygen atoms in total. The van der Waals surface area contributed by atoms with Crippen molar-refractivity contribution in [1.29, 1.82) is 0 Å². The summed E-state index contributed by atoms with van der Waals surface area (Å²) in [4.78, 5) is 27.0. The zero-order chi connectivity index (χ0) is 19.6. The van der Waals surface area contributed by atoms with Gasteiger partial charge in [0.25, 0.3) is 6.43 Å². The molecule has 0 atom stereocenters. The Morgan fingerprint density at radius 3 is 2.27 bits per heavy atom. The molecule has 0 bridgehead atoms. The zero-order valence-corrected chi connectivity index (χ0v) is 13.7. The lowest BCUT2D eigenvalue weighted by molar-refractivity contribution is -0.142. The number of carbonyl (C=O) groups excluding carboxylic acids is 2. The Hall–Kier alpha value is -2.46. The fraction of sp³-hybridized carbons (Fsp3) is 0.533. The fourth-order valence-electron chi connectivity index (χ4n) is 2.25. The number of aromatic nitrogens is 1. The van der Waals surface area contributed by atoms with Crippen LogP contribution in [0.2, 0.25) is 0 Å². The smallest absolute Gasteiger partial charge is 0.434 e. The number of methoxy groups -OCH3 is 1. The lowest BCUT2D eigenvalue weighted by Gasteiger charge is -2.21. The van der Waals surface area contributed by atoms with Crippen molar-refractivity contribution in [3.63, 3.8) is 0 Å². The SMILES string of the molecule is CCOC(=O)c1c(C(F)(F)F)nc(C(F)F)c(C(=O)OC)c1NC1CC1. The van der Waals surface area contributed by atoms with Crippen LogP contribution in [0.3, 0.4) is 0 Å². The molecular formula is C15H15F5N2O4. The van der Waals surface area contributed by atoms with Gasteiger partial charge in [0.15, 0.2) is 5.69 Å². The molecule has 1 aromatic heterocycles. The van der Waals surface area contributed by atoms with E-state index in [1.165, 1.54) is 6.92 Å². The first-order chi connectivity index (χ1) is 12.1. The standard InChI is InChI=1S/C15H15F5N2O4/c1-3-26-14(24)8-9(21-6-4-5-6)7(13(23)25-2)10(12(16)17)22-11(8)15(18,19)20/h6,12H,3-5H2,1-2H3,(H,21,22). The van der Waals surface area contributed by atoms with Gasteiger partial charge in [0.05, 0.1) is 19.4 Å². The van der Waals surface area contributed by atoms with Crippen molar-refractivity contribution >= 4 is 17.6 Å². The van der Waals surface area contributed by atoms with Gasteiger partial charge < -0.3 is 14.8 Å². The summed E-state index contributed by atoms with van der Waals surface area (Å²) in [7, 11) is 0.875. The van der Waals surface area contributed by atoms with Gasteiger partial charge in [-0.3, -0.25) is 0 Å². The van der Waals surface area contributed by atoms with Gasteiger partial charge in [0, 0.05) is 6.04 Å². The van der Waals surface area contributed by atoms with Crippen LogP contribution >= 0.6 is 0 Å². The molecule has 0 aromatic carbocycles. The highest BCUT2D eigenvalue weighted by Gasteiger charge is 2.44. The third kappa shape index (κ3) is 4.02. The highest BCUT2D eigenvalue weighted by Crippen LogP contribution is 2.41. The maximum absolute atomic E-state index is 13.4. The molecule has 0 radical (unpaired) electrons. The van der Waals surface area contributed by atoms with E-state index in [1.807, 2.05) is 0 Å². The summed E-state index contributed by atoms with van der Waals surface area (Å²) in [6.45, 7) is 1.10. The number of alkyl halides is 5. The molecule has 1 N–H and O–H groups in total. The van der Waals surface area contributed by atoms with Crippen LogP contribution in [-0.4, -0.2) is 36.7 Å². The van der Waals surface area contributed by atoms with Crippen LogP contribution in [0.5, 0.6) is 0 Å². The van der Waals surface area contributed by atoms with E-state index in [1.54, 1.807) is 0 Å². The molecule has 1 aromatic rings.